The zero-order valence-corrected chi connectivity index (χ0v) is 13.1. The maximum absolute atomic E-state index is 12.7. The van der Waals surface area contributed by atoms with Gasteiger partial charge in [0.05, 0.1) is 5.02 Å². The van der Waals surface area contributed by atoms with Crippen LogP contribution in [-0.4, -0.2) is 48.9 Å². The third kappa shape index (κ3) is 2.65. The van der Waals surface area contributed by atoms with Crippen molar-refractivity contribution in [1.29, 1.82) is 0 Å². The highest BCUT2D eigenvalue weighted by molar-refractivity contribution is 6.35. The van der Waals surface area contributed by atoms with Crippen molar-refractivity contribution < 1.29 is 9.21 Å². The Balaban J connectivity index is 1.94. The monoisotopic (exact) mass is 306 g/mol. The van der Waals surface area contributed by atoms with E-state index in [1.807, 2.05) is 24.0 Å². The number of amides is 1. The van der Waals surface area contributed by atoms with Crippen LogP contribution in [0.4, 0.5) is 0 Å². The molecular weight excluding hydrogens is 288 g/mol. The fraction of sp³-hybridized carbons (Fsp3) is 0.438. The number of hydrogen-bond acceptors (Lipinski definition) is 3. The van der Waals surface area contributed by atoms with Crippen LogP contribution in [0.2, 0.25) is 5.02 Å². The second-order valence-electron chi connectivity index (χ2n) is 5.62. The number of carbonyl (C=O) groups excluding carboxylic acids is 1. The minimum Gasteiger partial charge on any atom is -0.449 e. The summed E-state index contributed by atoms with van der Waals surface area (Å²) < 4.78 is 5.78. The average molecular weight is 307 g/mol. The van der Waals surface area contributed by atoms with Crippen molar-refractivity contribution in [3.05, 3.63) is 34.5 Å². The van der Waals surface area contributed by atoms with Crippen molar-refractivity contribution in [1.82, 2.24) is 9.80 Å². The molecule has 0 aliphatic carbocycles. The molecule has 0 radical (unpaired) electrons. The van der Waals surface area contributed by atoms with E-state index in [-0.39, 0.29) is 5.91 Å². The zero-order chi connectivity index (χ0) is 15.0. The molecule has 1 aromatic carbocycles. The molecule has 1 amide bonds. The van der Waals surface area contributed by atoms with Gasteiger partial charge >= 0.3 is 0 Å². The van der Waals surface area contributed by atoms with Crippen LogP contribution in [0, 0.1) is 6.92 Å². The number of nitrogens with zero attached hydrogens (tertiary/aromatic N) is 2. The summed E-state index contributed by atoms with van der Waals surface area (Å²) >= 11 is 6.15. The summed E-state index contributed by atoms with van der Waals surface area (Å²) in [5, 5.41) is 1.46. The van der Waals surface area contributed by atoms with Crippen molar-refractivity contribution in [2.24, 2.45) is 0 Å². The Morgan fingerprint density at radius 1 is 1.24 bits per heavy atom. The molecule has 0 atom stereocenters. The third-order valence-corrected chi connectivity index (χ3v) is 4.41. The largest absolute Gasteiger partial charge is 0.449 e. The number of aryl methyl sites for hydroxylation is 1. The Hall–Kier alpha value is -1.52. The van der Waals surface area contributed by atoms with E-state index in [1.54, 1.807) is 6.07 Å². The van der Waals surface area contributed by atoms with Crippen LogP contribution in [0.15, 0.2) is 22.6 Å². The highest BCUT2D eigenvalue weighted by Gasteiger charge is 2.25. The predicted molar refractivity (Wildman–Crippen MR) is 84.0 cm³/mol. The van der Waals surface area contributed by atoms with Gasteiger partial charge in [-0.2, -0.15) is 0 Å². The van der Waals surface area contributed by atoms with E-state index < -0.39 is 0 Å². The standard InChI is InChI=1S/C16H19ClN2O2/c1-11-12-5-3-6-13(17)15(12)21-14(11)16(20)19-8-4-7-18(2)9-10-19/h3,5-6H,4,7-10H2,1-2H3. The molecule has 1 aromatic heterocycles. The first-order valence-electron chi connectivity index (χ1n) is 7.23. The van der Waals surface area contributed by atoms with Gasteiger partial charge in [0, 0.05) is 30.6 Å². The van der Waals surface area contributed by atoms with E-state index in [4.69, 9.17) is 16.0 Å². The van der Waals surface area contributed by atoms with Gasteiger partial charge in [-0.05, 0) is 33.0 Å². The van der Waals surface area contributed by atoms with Gasteiger partial charge < -0.3 is 14.2 Å². The van der Waals surface area contributed by atoms with Crippen molar-refractivity contribution >= 4 is 28.5 Å². The number of likely N-dealkylation sites (N-methyl/N-ethyl adjacent to an activating group) is 1. The summed E-state index contributed by atoms with van der Waals surface area (Å²) in [6.45, 7) is 5.34. The lowest BCUT2D eigenvalue weighted by atomic mass is 10.1. The minimum atomic E-state index is -0.0323. The lowest BCUT2D eigenvalue weighted by Gasteiger charge is -2.19. The molecule has 2 heterocycles. The Morgan fingerprint density at radius 3 is 2.81 bits per heavy atom. The predicted octanol–water partition coefficient (Wildman–Crippen LogP) is 3.17. The average Bonchev–Trinajstić information content (AvgIpc) is 2.66. The van der Waals surface area contributed by atoms with Crippen molar-refractivity contribution in [3.8, 4) is 0 Å². The first kappa shape index (κ1) is 14.4. The van der Waals surface area contributed by atoms with Gasteiger partial charge in [0.25, 0.3) is 5.91 Å². The Kier molecular flexibility index (Phi) is 3.91. The summed E-state index contributed by atoms with van der Waals surface area (Å²) in [5.41, 5.74) is 1.47. The van der Waals surface area contributed by atoms with Crippen LogP contribution in [0.5, 0.6) is 0 Å². The molecule has 0 N–H and O–H groups in total. The van der Waals surface area contributed by atoms with Gasteiger partial charge in [0.2, 0.25) is 0 Å². The quantitative estimate of drug-likeness (QED) is 0.812. The molecule has 21 heavy (non-hydrogen) atoms. The van der Waals surface area contributed by atoms with E-state index in [2.05, 4.69) is 11.9 Å². The molecule has 5 heteroatoms. The van der Waals surface area contributed by atoms with Gasteiger partial charge in [-0.1, -0.05) is 23.7 Å². The van der Waals surface area contributed by atoms with E-state index in [0.29, 0.717) is 16.4 Å². The van der Waals surface area contributed by atoms with Crippen LogP contribution in [0.25, 0.3) is 11.0 Å². The summed E-state index contributed by atoms with van der Waals surface area (Å²) in [6.07, 6.45) is 0.988. The fourth-order valence-corrected chi connectivity index (χ4v) is 3.02. The molecule has 1 aliphatic heterocycles. The molecule has 1 fully saturated rings. The van der Waals surface area contributed by atoms with Crippen molar-refractivity contribution in [3.63, 3.8) is 0 Å². The normalized spacial score (nSPS) is 17.2. The first-order chi connectivity index (χ1) is 10.1. The third-order valence-electron chi connectivity index (χ3n) is 4.12. The van der Waals surface area contributed by atoms with Crippen LogP contribution < -0.4 is 0 Å². The minimum absolute atomic E-state index is 0.0323. The maximum atomic E-state index is 12.7. The number of rotatable bonds is 1. The molecule has 2 aromatic rings. The summed E-state index contributed by atoms with van der Waals surface area (Å²) in [7, 11) is 2.08. The van der Waals surface area contributed by atoms with Crippen molar-refractivity contribution in [2.45, 2.75) is 13.3 Å². The van der Waals surface area contributed by atoms with E-state index >= 15 is 0 Å². The Morgan fingerprint density at radius 2 is 2.05 bits per heavy atom. The van der Waals surface area contributed by atoms with Crippen LogP contribution >= 0.6 is 11.6 Å². The van der Waals surface area contributed by atoms with Gasteiger partial charge in [-0.3, -0.25) is 4.79 Å². The second kappa shape index (κ2) is 5.70. The van der Waals surface area contributed by atoms with Crippen LogP contribution in [0.1, 0.15) is 22.5 Å². The number of fused-ring (bicyclic) bond motifs is 1. The number of carbonyl (C=O) groups is 1. The van der Waals surface area contributed by atoms with E-state index in [1.165, 1.54) is 0 Å². The lowest BCUT2D eigenvalue weighted by Crippen LogP contribution is -2.34. The maximum Gasteiger partial charge on any atom is 0.289 e. The molecule has 3 rings (SSSR count). The van der Waals surface area contributed by atoms with Gasteiger partial charge in [-0.25, -0.2) is 0 Å². The van der Waals surface area contributed by atoms with Crippen LogP contribution in [-0.2, 0) is 0 Å². The number of furan rings is 1. The highest BCUT2D eigenvalue weighted by atomic mass is 35.5. The second-order valence-corrected chi connectivity index (χ2v) is 6.03. The Labute approximate surface area is 129 Å². The highest BCUT2D eigenvalue weighted by Crippen LogP contribution is 2.31. The molecule has 4 nitrogen and oxygen atoms in total. The molecule has 1 saturated heterocycles. The van der Waals surface area contributed by atoms with Crippen molar-refractivity contribution in [2.75, 3.05) is 33.2 Å². The lowest BCUT2D eigenvalue weighted by molar-refractivity contribution is 0.0732. The molecule has 0 saturated carbocycles. The fourth-order valence-electron chi connectivity index (χ4n) is 2.81. The molecule has 0 unspecified atom stereocenters. The molecular formula is C16H19ClN2O2. The SMILES string of the molecule is Cc1c(C(=O)N2CCCN(C)CC2)oc2c(Cl)cccc12. The number of para-hydroxylation sites is 1. The van der Waals surface area contributed by atoms with Crippen LogP contribution in [0.3, 0.4) is 0 Å². The van der Waals surface area contributed by atoms with Gasteiger partial charge in [0.15, 0.2) is 11.3 Å². The first-order valence-corrected chi connectivity index (χ1v) is 7.61. The molecule has 0 spiro atoms. The molecule has 1 aliphatic rings. The smallest absolute Gasteiger partial charge is 0.289 e. The zero-order valence-electron chi connectivity index (χ0n) is 12.4. The van der Waals surface area contributed by atoms with Gasteiger partial charge in [0.1, 0.15) is 0 Å². The molecule has 112 valence electrons. The summed E-state index contributed by atoms with van der Waals surface area (Å²) in [5.74, 6) is 0.387. The Bertz CT molecular complexity index is 680. The molecule has 0 bridgehead atoms. The number of hydrogen-bond donors (Lipinski definition) is 0. The van der Waals surface area contributed by atoms with E-state index in [0.717, 1.165) is 43.5 Å². The topological polar surface area (TPSA) is 36.7 Å². The number of benzene rings is 1. The summed E-state index contributed by atoms with van der Waals surface area (Å²) in [6, 6.07) is 5.59. The number of halogens is 1. The summed E-state index contributed by atoms with van der Waals surface area (Å²) in [4.78, 5) is 16.9. The van der Waals surface area contributed by atoms with Gasteiger partial charge in [-0.15, -0.1) is 0 Å². The van der Waals surface area contributed by atoms with E-state index in [9.17, 15) is 4.79 Å².